The summed E-state index contributed by atoms with van der Waals surface area (Å²) in [6.07, 6.45) is 0. The topological polar surface area (TPSA) is 121 Å². The van der Waals surface area contributed by atoms with Crippen molar-refractivity contribution in [3.8, 4) is 0 Å². The zero-order chi connectivity index (χ0) is 6.41. The van der Waals surface area contributed by atoms with Crippen LogP contribution in [0.5, 0.6) is 0 Å². The van der Waals surface area contributed by atoms with Gasteiger partial charge in [0, 0.05) is 0 Å². The summed E-state index contributed by atoms with van der Waals surface area (Å²) >= 11 is -7.54. The van der Waals surface area contributed by atoms with Crippen LogP contribution in [0.3, 0.4) is 0 Å². The maximum absolute atomic E-state index is 7.54. The molecule has 0 atom stereocenters. The summed E-state index contributed by atoms with van der Waals surface area (Å²) in [6, 6.07) is 0. The third kappa shape index (κ3) is 1760. The van der Waals surface area contributed by atoms with E-state index in [1.54, 1.807) is 0 Å². The molecule has 52 valence electrons. The van der Waals surface area contributed by atoms with Crippen LogP contribution >= 0.6 is 0 Å². The molecule has 6 N–H and O–H groups in total. The van der Waals surface area contributed by atoms with Gasteiger partial charge in [-0.15, -0.1) is 0 Å². The first-order chi connectivity index (χ1) is 2.45. The summed E-state index contributed by atoms with van der Waals surface area (Å²) in [5.41, 5.74) is 0. The number of hydrogen-bond acceptors (Lipinski definition) is 6. The molecule has 0 radical (unpaired) electrons. The van der Waals surface area contributed by atoms with Gasteiger partial charge in [-0.2, -0.15) is 0 Å². The van der Waals surface area contributed by atoms with E-state index < -0.39 is 12.3 Å². The molecule has 0 bridgehead atoms. The van der Waals surface area contributed by atoms with Gasteiger partial charge in [0.25, 0.3) is 0 Å². The molecule has 0 spiro atoms. The van der Waals surface area contributed by atoms with E-state index in [4.69, 9.17) is 25.5 Å². The zero-order valence-electron chi connectivity index (χ0n) is 3.00. The van der Waals surface area contributed by atoms with Crippen LogP contribution in [-0.2, 0) is 12.3 Å². The van der Waals surface area contributed by atoms with Crippen molar-refractivity contribution in [1.29, 1.82) is 0 Å². The molecular weight excluding hydrogens is 155 g/mol. The molecule has 0 aromatic carbocycles. The average Bonchev–Trinajstić information content (AvgIpc) is 0.592. The van der Waals surface area contributed by atoms with Gasteiger partial charge in [-0.3, -0.25) is 0 Å². The fourth-order valence-electron chi connectivity index (χ4n) is 0. The number of rotatable bonds is 0. The van der Waals surface area contributed by atoms with Crippen LogP contribution in [0, 0.1) is 0 Å². The van der Waals surface area contributed by atoms with Crippen molar-refractivity contribution in [2.75, 3.05) is 0 Å². The quantitative estimate of drug-likeness (QED) is 0.206. The molecule has 0 fully saturated rings. The standard InChI is InChI=1S/Ni.6H2O/h;6*1H2/q+6;;;;;;/p-6. The molecule has 0 unspecified atom stereocenters. The second-order valence-electron chi connectivity index (χ2n) is 0.949. The van der Waals surface area contributed by atoms with Gasteiger partial charge in [0.2, 0.25) is 0 Å². The molecule has 0 rings (SSSR count). The molecule has 0 aromatic rings. The first kappa shape index (κ1) is 7.25. The van der Waals surface area contributed by atoms with E-state index in [1.807, 2.05) is 0 Å². The van der Waals surface area contributed by atoms with Gasteiger partial charge in [0.05, 0.1) is 0 Å². The van der Waals surface area contributed by atoms with Crippen molar-refractivity contribution >= 4 is 0 Å². The van der Waals surface area contributed by atoms with Crippen molar-refractivity contribution in [2.45, 2.75) is 0 Å². The van der Waals surface area contributed by atoms with Gasteiger partial charge >= 0.3 is 37.8 Å². The summed E-state index contributed by atoms with van der Waals surface area (Å²) < 4.78 is 44.1. The minimum absolute atomic E-state index is 7.35. The van der Waals surface area contributed by atoms with Crippen LogP contribution in [0.4, 0.5) is 0 Å². The molecule has 0 aliphatic carbocycles. The Bertz CT molecular complexity index is 62.7. The van der Waals surface area contributed by atoms with E-state index >= 15 is 0 Å². The van der Waals surface area contributed by atoms with Crippen molar-refractivity contribution in [3.05, 3.63) is 0 Å². The molecule has 7 heavy (non-hydrogen) atoms. The fraction of sp³-hybridized carbons (Fsp3) is 0. The molecule has 0 aliphatic rings. The first-order valence-electron chi connectivity index (χ1n) is 0.849. The first-order valence-corrected chi connectivity index (χ1v) is 3.50. The van der Waals surface area contributed by atoms with Crippen LogP contribution in [0.25, 0.3) is 0 Å². The second kappa shape index (κ2) is 0.742. The summed E-state index contributed by atoms with van der Waals surface area (Å²) in [4.78, 5) is 0. The van der Waals surface area contributed by atoms with E-state index in [1.165, 1.54) is 0 Å². The molecule has 6 nitrogen and oxygen atoms in total. The summed E-state index contributed by atoms with van der Waals surface area (Å²) in [5.74, 6) is 0. The van der Waals surface area contributed by atoms with Crippen LogP contribution in [-0.4, -0.2) is 25.5 Å². The van der Waals surface area contributed by atoms with Crippen molar-refractivity contribution in [3.63, 3.8) is 0 Å². The molecule has 0 saturated heterocycles. The molecule has 0 amide bonds. The van der Waals surface area contributed by atoms with E-state index in [9.17, 15) is 0 Å². The van der Waals surface area contributed by atoms with Crippen molar-refractivity contribution in [1.82, 2.24) is 0 Å². The van der Waals surface area contributed by atoms with Gasteiger partial charge in [-0.05, 0) is 0 Å². The Balaban J connectivity index is 4.43. The SMILES string of the molecule is [OH][Ni]([OH])([OH])([OH])([OH])[OH]. The van der Waals surface area contributed by atoms with Gasteiger partial charge < -0.3 is 0 Å². The Morgan fingerprint density at radius 1 is 0.571 bits per heavy atom. The van der Waals surface area contributed by atoms with Crippen LogP contribution in [0.1, 0.15) is 0 Å². The van der Waals surface area contributed by atoms with Crippen molar-refractivity contribution in [2.24, 2.45) is 0 Å². The summed E-state index contributed by atoms with van der Waals surface area (Å²) in [6.45, 7) is 0. The van der Waals surface area contributed by atoms with Gasteiger partial charge in [0.1, 0.15) is 0 Å². The van der Waals surface area contributed by atoms with Gasteiger partial charge in [-0.25, -0.2) is 0 Å². The molecular formula is H6NiO6. The minimum atomic E-state index is -7.54. The molecule has 0 heterocycles. The fourth-order valence-corrected chi connectivity index (χ4v) is 0. The van der Waals surface area contributed by atoms with Crippen LogP contribution < -0.4 is 0 Å². The van der Waals surface area contributed by atoms with Gasteiger partial charge in [0.15, 0.2) is 0 Å². The second-order valence-corrected chi connectivity index (χ2v) is 3.91. The zero-order valence-corrected chi connectivity index (χ0v) is 3.99. The van der Waals surface area contributed by atoms with Crippen molar-refractivity contribution < 1.29 is 37.8 Å². The number of hydrogen-bond donors (Lipinski definition) is 6. The Morgan fingerprint density at radius 2 is 0.571 bits per heavy atom. The summed E-state index contributed by atoms with van der Waals surface area (Å²) in [7, 11) is 0. The van der Waals surface area contributed by atoms with E-state index in [0.717, 1.165) is 0 Å². The third-order valence-electron chi connectivity index (χ3n) is 0. The van der Waals surface area contributed by atoms with Crippen LogP contribution in [0.2, 0.25) is 0 Å². The maximum atomic E-state index is 7.35. The molecule has 7 heteroatoms. The Labute approximate surface area is 38.7 Å². The Morgan fingerprint density at radius 3 is 0.571 bits per heavy atom. The summed E-state index contributed by atoms with van der Waals surface area (Å²) in [5, 5.41) is 0. The predicted octanol–water partition coefficient (Wildman–Crippen LogP) is -3.34. The van der Waals surface area contributed by atoms with E-state index in [-0.39, 0.29) is 0 Å². The predicted molar refractivity (Wildman–Crippen MR) is 13.3 cm³/mol. The average molecular weight is 161 g/mol. The third-order valence-corrected chi connectivity index (χ3v) is 0. The van der Waals surface area contributed by atoms with E-state index in [2.05, 4.69) is 0 Å². The van der Waals surface area contributed by atoms with E-state index in [0.29, 0.717) is 0 Å². The molecule has 0 aliphatic heterocycles. The normalized spacial score (nSPS) is 23.1. The Kier molecular flexibility index (Phi) is 0.769. The van der Waals surface area contributed by atoms with Gasteiger partial charge in [-0.1, -0.05) is 0 Å². The molecule has 0 aromatic heterocycles. The molecule has 0 saturated carbocycles. The Hall–Kier alpha value is 0.254. The van der Waals surface area contributed by atoms with Crippen LogP contribution in [0.15, 0.2) is 0 Å². The monoisotopic (exact) mass is 160 g/mol.